The number of alkyl halides is 3. The number of aromatic amines is 1. The Kier molecular flexibility index (Phi) is 7.99. The molecule has 5 rings (SSSR count). The summed E-state index contributed by atoms with van der Waals surface area (Å²) in [5.74, 6) is 0.539. The first-order chi connectivity index (χ1) is 19.9. The standard InChI is InChI=1S/C28H31F3N8O3/c1-15-13-38(14-16(2)42-15)26(40)19-5-7-20(8-6-19)32-17(3)21-11-22-24(12-23(21)28(29,30)31)33-18(4)39(27(22)41)10-9-25-34-36-37-35-25/h5-8,11-12,15-17,32H,9-10,13-14H2,1-4H3,(H,34,35,36,37)/t15-,16+,17-/m0/s1. The number of amides is 1. The molecule has 1 saturated heterocycles. The Morgan fingerprint density at radius 2 is 1.86 bits per heavy atom. The summed E-state index contributed by atoms with van der Waals surface area (Å²) in [6.45, 7) is 8.12. The number of benzene rings is 2. The number of nitrogens with zero attached hydrogens (tertiary/aromatic N) is 6. The Balaban J connectivity index is 1.42. The zero-order valence-electron chi connectivity index (χ0n) is 23.6. The third-order valence-electron chi connectivity index (χ3n) is 7.26. The van der Waals surface area contributed by atoms with Crippen molar-refractivity contribution in [2.24, 2.45) is 0 Å². The van der Waals surface area contributed by atoms with E-state index in [9.17, 15) is 22.8 Å². The number of nitrogens with one attached hydrogen (secondary N) is 2. The molecule has 0 bridgehead atoms. The van der Waals surface area contributed by atoms with Crippen molar-refractivity contribution in [3.8, 4) is 0 Å². The molecule has 3 atom stereocenters. The van der Waals surface area contributed by atoms with Crippen molar-refractivity contribution in [1.82, 2.24) is 35.1 Å². The normalized spacial score (nSPS) is 18.3. The molecule has 1 amide bonds. The Hall–Kier alpha value is -4.33. The van der Waals surface area contributed by atoms with Crippen molar-refractivity contribution in [3.63, 3.8) is 0 Å². The van der Waals surface area contributed by atoms with Gasteiger partial charge in [-0.1, -0.05) is 5.21 Å². The summed E-state index contributed by atoms with van der Waals surface area (Å²) in [6.07, 6.45) is -4.53. The highest BCUT2D eigenvalue weighted by molar-refractivity contribution is 5.94. The van der Waals surface area contributed by atoms with Crippen molar-refractivity contribution in [2.45, 2.75) is 65.1 Å². The van der Waals surface area contributed by atoms with Crippen LogP contribution in [-0.4, -0.2) is 66.3 Å². The fraction of sp³-hybridized carbons (Fsp3) is 0.429. The Morgan fingerprint density at radius 1 is 1.17 bits per heavy atom. The van der Waals surface area contributed by atoms with E-state index in [1.165, 1.54) is 10.6 Å². The largest absolute Gasteiger partial charge is 0.416 e. The van der Waals surface area contributed by atoms with Gasteiger partial charge < -0.3 is 15.0 Å². The molecule has 14 heteroatoms. The molecule has 1 aliphatic rings. The summed E-state index contributed by atoms with van der Waals surface area (Å²) in [5.41, 5.74) is -0.481. The number of anilines is 1. The van der Waals surface area contributed by atoms with Gasteiger partial charge in [-0.2, -0.15) is 18.4 Å². The zero-order valence-corrected chi connectivity index (χ0v) is 23.6. The van der Waals surface area contributed by atoms with Crippen molar-refractivity contribution >= 4 is 22.5 Å². The van der Waals surface area contributed by atoms with Crippen LogP contribution in [0.4, 0.5) is 18.9 Å². The number of fused-ring (bicyclic) bond motifs is 1. The van der Waals surface area contributed by atoms with Gasteiger partial charge in [0.05, 0.1) is 28.7 Å². The molecule has 2 N–H and O–H groups in total. The van der Waals surface area contributed by atoms with Crippen LogP contribution < -0.4 is 10.9 Å². The van der Waals surface area contributed by atoms with E-state index in [1.54, 1.807) is 43.0 Å². The maximum absolute atomic E-state index is 14.2. The molecule has 0 unspecified atom stereocenters. The number of rotatable bonds is 7. The average Bonchev–Trinajstić information content (AvgIpc) is 3.45. The van der Waals surface area contributed by atoms with Crippen molar-refractivity contribution in [3.05, 3.63) is 75.1 Å². The minimum Gasteiger partial charge on any atom is -0.379 e. The molecule has 11 nitrogen and oxygen atoms in total. The molecule has 222 valence electrons. The molecule has 4 aromatic rings. The van der Waals surface area contributed by atoms with Gasteiger partial charge in [0, 0.05) is 43.3 Å². The number of carbonyl (C=O) groups is 1. The third kappa shape index (κ3) is 6.12. The van der Waals surface area contributed by atoms with Gasteiger partial charge in [-0.15, -0.1) is 10.2 Å². The molecule has 3 heterocycles. The molecule has 0 aliphatic carbocycles. The summed E-state index contributed by atoms with van der Waals surface area (Å²) in [4.78, 5) is 32.4. The average molecular weight is 585 g/mol. The van der Waals surface area contributed by atoms with Crippen LogP contribution in [-0.2, 0) is 23.9 Å². The second-order valence-electron chi connectivity index (χ2n) is 10.6. The lowest BCUT2D eigenvalue weighted by molar-refractivity contribution is -0.138. The number of aromatic nitrogens is 6. The number of carbonyl (C=O) groups excluding carboxylic acids is 1. The van der Waals surface area contributed by atoms with Crippen LogP contribution in [0.1, 0.15) is 59.9 Å². The molecule has 42 heavy (non-hydrogen) atoms. The molecule has 0 radical (unpaired) electrons. The fourth-order valence-electron chi connectivity index (χ4n) is 5.33. The fourth-order valence-corrected chi connectivity index (χ4v) is 5.33. The van der Waals surface area contributed by atoms with Gasteiger partial charge >= 0.3 is 6.18 Å². The number of hydrogen-bond acceptors (Lipinski definition) is 8. The number of H-pyrrole nitrogens is 1. The number of halogens is 3. The Morgan fingerprint density at radius 3 is 2.48 bits per heavy atom. The van der Waals surface area contributed by atoms with E-state index in [0.717, 1.165) is 6.07 Å². The van der Waals surface area contributed by atoms with Crippen molar-refractivity contribution < 1.29 is 22.7 Å². The summed E-state index contributed by atoms with van der Waals surface area (Å²) >= 11 is 0. The highest BCUT2D eigenvalue weighted by Gasteiger charge is 2.36. The predicted octanol–water partition coefficient (Wildman–Crippen LogP) is 3.90. The minimum absolute atomic E-state index is 0.0359. The van der Waals surface area contributed by atoms with E-state index in [1.807, 2.05) is 13.8 Å². The highest BCUT2D eigenvalue weighted by atomic mass is 19.4. The first kappa shape index (κ1) is 29.2. The van der Waals surface area contributed by atoms with E-state index in [0.29, 0.717) is 30.2 Å². The van der Waals surface area contributed by atoms with Crippen LogP contribution in [0.2, 0.25) is 0 Å². The molecule has 0 spiro atoms. The summed E-state index contributed by atoms with van der Waals surface area (Å²) in [6, 6.07) is 7.94. The van der Waals surface area contributed by atoms with Crippen LogP contribution in [0.15, 0.2) is 41.2 Å². The number of morpholine rings is 1. The Bertz CT molecular complexity index is 1630. The van der Waals surface area contributed by atoms with E-state index >= 15 is 0 Å². The summed E-state index contributed by atoms with van der Waals surface area (Å²) in [7, 11) is 0. The van der Waals surface area contributed by atoms with Gasteiger partial charge in [0.25, 0.3) is 11.5 Å². The maximum atomic E-state index is 14.2. The van der Waals surface area contributed by atoms with E-state index in [2.05, 4.69) is 30.9 Å². The lowest BCUT2D eigenvalue weighted by Gasteiger charge is -2.35. The minimum atomic E-state index is -4.68. The van der Waals surface area contributed by atoms with Gasteiger partial charge in [-0.25, -0.2) is 4.98 Å². The van der Waals surface area contributed by atoms with Crippen LogP contribution >= 0.6 is 0 Å². The van der Waals surface area contributed by atoms with Gasteiger partial charge in [-0.3, -0.25) is 14.2 Å². The zero-order chi connectivity index (χ0) is 30.2. The van der Waals surface area contributed by atoms with Gasteiger partial charge in [-0.05, 0) is 69.7 Å². The van der Waals surface area contributed by atoms with Crippen molar-refractivity contribution in [1.29, 1.82) is 0 Å². The molecular weight excluding hydrogens is 553 g/mol. The number of hydrogen-bond donors (Lipinski definition) is 2. The molecule has 2 aromatic heterocycles. The second kappa shape index (κ2) is 11.5. The first-order valence-electron chi connectivity index (χ1n) is 13.6. The summed E-state index contributed by atoms with van der Waals surface area (Å²) < 4.78 is 49.7. The van der Waals surface area contributed by atoms with E-state index < -0.39 is 23.3 Å². The molecule has 1 fully saturated rings. The molecule has 2 aromatic carbocycles. The number of aryl methyl sites for hydroxylation is 2. The maximum Gasteiger partial charge on any atom is 0.416 e. The Labute approximate surface area is 239 Å². The second-order valence-corrected chi connectivity index (χ2v) is 10.6. The van der Waals surface area contributed by atoms with Crippen LogP contribution in [0, 0.1) is 6.92 Å². The third-order valence-corrected chi connectivity index (χ3v) is 7.26. The predicted molar refractivity (Wildman–Crippen MR) is 148 cm³/mol. The number of ether oxygens (including phenoxy) is 1. The van der Waals surface area contributed by atoms with Crippen LogP contribution in [0.25, 0.3) is 10.9 Å². The number of tetrazole rings is 1. The van der Waals surface area contributed by atoms with Gasteiger partial charge in [0.2, 0.25) is 0 Å². The van der Waals surface area contributed by atoms with E-state index in [-0.39, 0.29) is 53.4 Å². The van der Waals surface area contributed by atoms with Crippen LogP contribution in [0.3, 0.4) is 0 Å². The molecule has 1 aliphatic heterocycles. The lowest BCUT2D eigenvalue weighted by Crippen LogP contribution is -2.48. The molecular formula is C28H31F3N8O3. The highest BCUT2D eigenvalue weighted by Crippen LogP contribution is 2.37. The monoisotopic (exact) mass is 584 g/mol. The van der Waals surface area contributed by atoms with Crippen LogP contribution in [0.5, 0.6) is 0 Å². The van der Waals surface area contributed by atoms with E-state index in [4.69, 9.17) is 4.74 Å². The van der Waals surface area contributed by atoms with Gasteiger partial charge in [0.15, 0.2) is 5.82 Å². The topological polar surface area (TPSA) is 131 Å². The lowest BCUT2D eigenvalue weighted by atomic mass is 9.98. The van der Waals surface area contributed by atoms with Crippen molar-refractivity contribution in [2.75, 3.05) is 18.4 Å². The smallest absolute Gasteiger partial charge is 0.379 e. The summed E-state index contributed by atoms with van der Waals surface area (Å²) in [5, 5.41) is 16.7. The SMILES string of the molecule is Cc1nc2cc(C(F)(F)F)c([C@H](C)Nc3ccc(C(=O)N4C[C@@H](C)O[C@@H](C)C4)cc3)cc2c(=O)n1CCc1nn[nH]n1. The van der Waals surface area contributed by atoms with Gasteiger partial charge in [0.1, 0.15) is 5.82 Å². The quantitative estimate of drug-likeness (QED) is 0.335. The first-order valence-corrected chi connectivity index (χ1v) is 13.6. The molecule has 0 saturated carbocycles.